The number of benzene rings is 1. The van der Waals surface area contributed by atoms with Crippen molar-refractivity contribution in [1.82, 2.24) is 15.1 Å². The van der Waals surface area contributed by atoms with Crippen molar-refractivity contribution in [2.45, 2.75) is 20.4 Å². The fourth-order valence-electron chi connectivity index (χ4n) is 2.10. The maximum absolute atomic E-state index is 12.4. The lowest BCUT2D eigenvalue weighted by Gasteiger charge is -2.18. The highest BCUT2D eigenvalue weighted by Gasteiger charge is 2.19. The zero-order valence-corrected chi connectivity index (χ0v) is 13.0. The smallest absolute Gasteiger partial charge is 0.257 e. The molecule has 0 fully saturated rings. The van der Waals surface area contributed by atoms with Crippen molar-refractivity contribution in [3.05, 3.63) is 50.8 Å². The first-order valence-corrected chi connectivity index (χ1v) is 6.86. The summed E-state index contributed by atoms with van der Waals surface area (Å²) in [5, 5.41) is 7.97. The summed E-state index contributed by atoms with van der Waals surface area (Å²) < 4.78 is 0. The number of halogens is 2. The molecule has 2 rings (SSSR count). The van der Waals surface area contributed by atoms with Crippen LogP contribution in [0.25, 0.3) is 0 Å². The molecule has 0 unspecified atom stereocenters. The van der Waals surface area contributed by atoms with Crippen molar-refractivity contribution in [2.75, 3.05) is 7.05 Å². The predicted molar refractivity (Wildman–Crippen MR) is 80.3 cm³/mol. The van der Waals surface area contributed by atoms with E-state index in [4.69, 9.17) is 23.2 Å². The van der Waals surface area contributed by atoms with E-state index in [1.54, 1.807) is 37.1 Å². The van der Waals surface area contributed by atoms with E-state index < -0.39 is 0 Å². The van der Waals surface area contributed by atoms with Crippen molar-refractivity contribution in [2.24, 2.45) is 0 Å². The van der Waals surface area contributed by atoms with E-state index >= 15 is 0 Å². The largest absolute Gasteiger partial charge is 0.337 e. The summed E-state index contributed by atoms with van der Waals surface area (Å²) >= 11 is 11.9. The Hall–Kier alpha value is -1.52. The summed E-state index contributed by atoms with van der Waals surface area (Å²) in [5.74, 6) is -0.0788. The second-order valence-corrected chi connectivity index (χ2v) is 5.62. The molecule has 0 aliphatic rings. The van der Waals surface area contributed by atoms with Gasteiger partial charge < -0.3 is 4.90 Å². The molecule has 0 atom stereocenters. The van der Waals surface area contributed by atoms with E-state index in [9.17, 15) is 4.79 Å². The van der Waals surface area contributed by atoms with Gasteiger partial charge in [0.15, 0.2) is 0 Å². The maximum Gasteiger partial charge on any atom is 0.257 e. The minimum absolute atomic E-state index is 0.0788. The molecule has 106 valence electrons. The fourth-order valence-corrected chi connectivity index (χ4v) is 2.68. The second kappa shape index (κ2) is 5.85. The predicted octanol–water partition coefficient (Wildman–Crippen LogP) is 3.61. The summed E-state index contributed by atoms with van der Waals surface area (Å²) in [7, 11) is 1.74. The van der Waals surface area contributed by atoms with Crippen LogP contribution in [0.2, 0.25) is 10.0 Å². The zero-order chi connectivity index (χ0) is 14.9. The van der Waals surface area contributed by atoms with E-state index in [1.165, 1.54) is 0 Å². The molecule has 2 aromatic rings. The van der Waals surface area contributed by atoms with Crippen LogP contribution in [-0.4, -0.2) is 28.1 Å². The van der Waals surface area contributed by atoms with Gasteiger partial charge in [0.25, 0.3) is 5.91 Å². The van der Waals surface area contributed by atoms with Crippen LogP contribution in [0.4, 0.5) is 0 Å². The quantitative estimate of drug-likeness (QED) is 0.941. The molecule has 0 saturated heterocycles. The molecule has 20 heavy (non-hydrogen) atoms. The monoisotopic (exact) mass is 311 g/mol. The van der Waals surface area contributed by atoms with Crippen LogP contribution in [0.5, 0.6) is 0 Å². The number of aryl methyl sites for hydroxylation is 2. The minimum Gasteiger partial charge on any atom is -0.337 e. The Morgan fingerprint density at radius 2 is 1.85 bits per heavy atom. The van der Waals surface area contributed by atoms with Gasteiger partial charge in [-0.05, 0) is 37.6 Å². The van der Waals surface area contributed by atoms with Crippen LogP contribution in [0.15, 0.2) is 18.2 Å². The molecule has 6 heteroatoms. The highest BCUT2D eigenvalue weighted by molar-refractivity contribution is 6.34. The number of carbonyl (C=O) groups is 1. The van der Waals surface area contributed by atoms with E-state index in [-0.39, 0.29) is 5.91 Å². The van der Waals surface area contributed by atoms with E-state index in [2.05, 4.69) is 10.2 Å². The summed E-state index contributed by atoms with van der Waals surface area (Å²) in [5.41, 5.74) is 2.96. The number of amides is 1. The molecular weight excluding hydrogens is 297 g/mol. The van der Waals surface area contributed by atoms with E-state index in [0.717, 1.165) is 11.3 Å². The average molecular weight is 312 g/mol. The third-order valence-corrected chi connectivity index (χ3v) is 3.47. The molecule has 1 aromatic carbocycles. The Bertz CT molecular complexity index is 612. The van der Waals surface area contributed by atoms with Crippen LogP contribution >= 0.6 is 23.2 Å². The molecule has 0 radical (unpaired) electrons. The Labute approximate surface area is 127 Å². The van der Waals surface area contributed by atoms with Gasteiger partial charge in [-0.25, -0.2) is 0 Å². The van der Waals surface area contributed by atoms with Crippen molar-refractivity contribution in [3.63, 3.8) is 0 Å². The lowest BCUT2D eigenvalue weighted by Crippen LogP contribution is -2.27. The summed E-state index contributed by atoms with van der Waals surface area (Å²) in [4.78, 5) is 14.0. The number of hydrogen-bond acceptors (Lipinski definition) is 2. The van der Waals surface area contributed by atoms with Gasteiger partial charge >= 0.3 is 0 Å². The molecular formula is C14H15Cl2N3O. The van der Waals surface area contributed by atoms with Crippen LogP contribution in [0, 0.1) is 13.8 Å². The van der Waals surface area contributed by atoms with Gasteiger partial charge in [0.05, 0.1) is 11.3 Å². The third-order valence-electron chi connectivity index (χ3n) is 3.03. The van der Waals surface area contributed by atoms with E-state index in [1.807, 2.05) is 6.92 Å². The van der Waals surface area contributed by atoms with Crippen LogP contribution < -0.4 is 0 Å². The number of carbonyl (C=O) groups excluding carboxylic acids is 1. The molecule has 1 aromatic heterocycles. The lowest BCUT2D eigenvalue weighted by molar-refractivity contribution is 0.0783. The molecule has 0 bridgehead atoms. The van der Waals surface area contributed by atoms with Gasteiger partial charge in [-0.15, -0.1) is 0 Å². The molecule has 1 heterocycles. The Balaban J connectivity index is 2.20. The van der Waals surface area contributed by atoms with Gasteiger partial charge in [-0.1, -0.05) is 23.2 Å². The summed E-state index contributed by atoms with van der Waals surface area (Å²) in [6, 6.07) is 5.26. The van der Waals surface area contributed by atoms with Crippen molar-refractivity contribution >= 4 is 29.1 Å². The first-order chi connectivity index (χ1) is 9.38. The number of H-pyrrole nitrogens is 1. The first kappa shape index (κ1) is 14.9. The number of nitrogens with one attached hydrogen (secondary N) is 1. The topological polar surface area (TPSA) is 49.0 Å². The molecule has 0 saturated carbocycles. The Morgan fingerprint density at radius 3 is 2.35 bits per heavy atom. The van der Waals surface area contributed by atoms with E-state index in [0.29, 0.717) is 27.8 Å². The molecule has 1 N–H and O–H groups in total. The number of rotatable bonds is 3. The van der Waals surface area contributed by atoms with Crippen molar-refractivity contribution in [1.29, 1.82) is 0 Å². The summed E-state index contributed by atoms with van der Waals surface area (Å²) in [6.07, 6.45) is 0. The van der Waals surface area contributed by atoms with Gasteiger partial charge in [-0.3, -0.25) is 9.89 Å². The first-order valence-electron chi connectivity index (χ1n) is 6.10. The molecule has 4 nitrogen and oxygen atoms in total. The average Bonchev–Trinajstić information content (AvgIpc) is 2.66. The molecule has 1 amide bonds. The van der Waals surface area contributed by atoms with Gasteiger partial charge in [0, 0.05) is 29.3 Å². The Morgan fingerprint density at radius 1 is 1.25 bits per heavy atom. The van der Waals surface area contributed by atoms with Gasteiger partial charge in [0.2, 0.25) is 0 Å². The highest BCUT2D eigenvalue weighted by atomic mass is 35.5. The fraction of sp³-hybridized carbons (Fsp3) is 0.286. The summed E-state index contributed by atoms with van der Waals surface area (Å²) in [6.45, 7) is 4.07. The van der Waals surface area contributed by atoms with Crippen LogP contribution in [0.3, 0.4) is 0 Å². The third kappa shape index (κ3) is 3.14. The molecule has 0 aliphatic heterocycles. The lowest BCUT2D eigenvalue weighted by atomic mass is 10.1. The highest BCUT2D eigenvalue weighted by Crippen LogP contribution is 2.21. The van der Waals surface area contributed by atoms with Gasteiger partial charge in [-0.2, -0.15) is 5.10 Å². The maximum atomic E-state index is 12.4. The number of aromatic amines is 1. The standard InChI is InChI=1S/C14H15Cl2N3O/c1-8-13(9(2)18-17-8)14(20)19(3)7-10-4-11(15)6-12(16)5-10/h4-6H,7H2,1-3H3,(H,17,18). The number of aromatic nitrogens is 2. The van der Waals surface area contributed by atoms with Crippen LogP contribution in [-0.2, 0) is 6.54 Å². The number of nitrogens with zero attached hydrogens (tertiary/aromatic N) is 2. The van der Waals surface area contributed by atoms with Crippen molar-refractivity contribution < 1.29 is 4.79 Å². The van der Waals surface area contributed by atoms with Crippen molar-refractivity contribution in [3.8, 4) is 0 Å². The normalized spacial score (nSPS) is 10.7. The second-order valence-electron chi connectivity index (χ2n) is 4.75. The Kier molecular flexibility index (Phi) is 4.35. The van der Waals surface area contributed by atoms with Gasteiger partial charge in [0.1, 0.15) is 0 Å². The number of hydrogen-bond donors (Lipinski definition) is 1. The molecule has 0 spiro atoms. The minimum atomic E-state index is -0.0788. The molecule has 0 aliphatic carbocycles. The zero-order valence-electron chi connectivity index (χ0n) is 11.5. The van der Waals surface area contributed by atoms with Crippen LogP contribution in [0.1, 0.15) is 27.3 Å². The SMILES string of the molecule is Cc1n[nH]c(C)c1C(=O)N(C)Cc1cc(Cl)cc(Cl)c1.